The smallest absolute Gasteiger partial charge is 0.370 e. The maximum Gasteiger partial charge on any atom is 0.472 e. The van der Waals surface area contributed by atoms with Gasteiger partial charge in [0.2, 0.25) is 0 Å². The second kappa shape index (κ2) is 18.1. The average Bonchev–Trinajstić information content (AvgIpc) is 2.81. The van der Waals surface area contributed by atoms with Crippen LogP contribution in [0, 0.1) is 0 Å². The predicted molar refractivity (Wildman–Crippen MR) is 140 cm³/mol. The van der Waals surface area contributed by atoms with Crippen LogP contribution >= 0.6 is 7.82 Å². The summed E-state index contributed by atoms with van der Waals surface area (Å²) in [4.78, 5) is 9.96. The second-order valence-electron chi connectivity index (χ2n) is 10.6. The Morgan fingerprint density at radius 3 is 1.88 bits per heavy atom. The average molecular weight is 503 g/mol. The van der Waals surface area contributed by atoms with Gasteiger partial charge in [-0.25, -0.2) is 4.57 Å². The molecule has 0 spiro atoms. The molecule has 1 N–H and O–H groups in total. The third kappa shape index (κ3) is 15.0. The molecule has 1 saturated carbocycles. The third-order valence-corrected chi connectivity index (χ3v) is 8.49. The molecule has 1 saturated heterocycles. The number of unbranched alkanes of at least 4 members (excludes halogenated alkanes) is 2. The summed E-state index contributed by atoms with van der Waals surface area (Å²) in [6, 6.07) is 0. The number of quaternary nitrogens is 1. The molecule has 34 heavy (non-hydrogen) atoms. The van der Waals surface area contributed by atoms with E-state index in [1.165, 1.54) is 89.9 Å². The van der Waals surface area contributed by atoms with E-state index in [9.17, 15) is 9.46 Å². The van der Waals surface area contributed by atoms with Gasteiger partial charge in [0.1, 0.15) is 26.2 Å². The fraction of sp³-hybridized carbons (Fsp3) is 0.926. The lowest BCUT2D eigenvalue weighted by atomic mass is 9.98. The summed E-state index contributed by atoms with van der Waals surface area (Å²) in [5.74, 6) is 0. The topological polar surface area (TPSA) is 65.0 Å². The number of nitrogens with zero attached hydrogens (tertiary/aromatic N) is 1. The summed E-state index contributed by atoms with van der Waals surface area (Å²) in [7, 11) is -1.82. The number of hydrogen-bond donors (Lipinski definition) is 1. The lowest BCUT2D eigenvalue weighted by molar-refractivity contribution is -0.916. The van der Waals surface area contributed by atoms with Crippen LogP contribution in [0.25, 0.3) is 0 Å². The zero-order chi connectivity index (χ0) is 24.4. The first-order valence-corrected chi connectivity index (χ1v) is 15.7. The van der Waals surface area contributed by atoms with E-state index in [4.69, 9.17) is 13.8 Å². The summed E-state index contributed by atoms with van der Waals surface area (Å²) in [6.45, 7) is 4.50. The third-order valence-electron chi connectivity index (χ3n) is 7.47. The molecule has 2 fully saturated rings. The van der Waals surface area contributed by atoms with Gasteiger partial charge >= 0.3 is 7.82 Å². The number of likely N-dealkylation sites (N-methyl/N-ethyl adjacent to an activating group) is 1. The second-order valence-corrected chi connectivity index (χ2v) is 12.1. The standard InChI is InChI=1S/C27H52NO5P/c1-28(20-24-31-25-21-28)22-26-33-34(29,30)32-23-16-12-15-19-27-17-13-10-8-6-4-2-3-5-7-9-11-14-18-27/h19H,2-18,20-26H2,1H3/p+1. The van der Waals surface area contributed by atoms with Gasteiger partial charge in [-0.2, -0.15) is 0 Å². The monoisotopic (exact) mass is 502 g/mol. The summed E-state index contributed by atoms with van der Waals surface area (Å²) in [6.07, 6.45) is 24.4. The molecular weight excluding hydrogens is 449 g/mol. The van der Waals surface area contributed by atoms with E-state index < -0.39 is 7.82 Å². The van der Waals surface area contributed by atoms with E-state index in [0.29, 0.717) is 6.54 Å². The van der Waals surface area contributed by atoms with Crippen LogP contribution in [0.3, 0.4) is 0 Å². The van der Waals surface area contributed by atoms with Crippen LogP contribution in [0.2, 0.25) is 0 Å². The first-order valence-electron chi connectivity index (χ1n) is 14.2. The van der Waals surface area contributed by atoms with E-state index >= 15 is 0 Å². The fourth-order valence-corrected chi connectivity index (χ4v) is 5.70. The lowest BCUT2D eigenvalue weighted by Gasteiger charge is -2.37. The largest absolute Gasteiger partial charge is 0.472 e. The molecule has 1 atom stereocenters. The van der Waals surface area contributed by atoms with Crippen molar-refractivity contribution < 1.29 is 27.7 Å². The molecular formula is C27H53NO5P+. The van der Waals surface area contributed by atoms with Crippen LogP contribution < -0.4 is 0 Å². The Morgan fingerprint density at radius 1 is 0.824 bits per heavy atom. The molecule has 0 aromatic carbocycles. The summed E-state index contributed by atoms with van der Waals surface area (Å²) in [5.41, 5.74) is 1.63. The van der Waals surface area contributed by atoms with Crippen molar-refractivity contribution in [3.63, 3.8) is 0 Å². The molecule has 0 aromatic rings. The number of phosphoric ester groups is 1. The van der Waals surface area contributed by atoms with Crippen molar-refractivity contribution >= 4 is 7.82 Å². The zero-order valence-corrected chi connectivity index (χ0v) is 22.9. The minimum atomic E-state index is -3.96. The molecule has 200 valence electrons. The lowest BCUT2D eigenvalue weighted by Crippen LogP contribution is -2.53. The van der Waals surface area contributed by atoms with Gasteiger partial charge in [-0.15, -0.1) is 0 Å². The predicted octanol–water partition coefficient (Wildman–Crippen LogP) is 7.17. The van der Waals surface area contributed by atoms with Crippen molar-refractivity contribution in [2.45, 2.75) is 109 Å². The van der Waals surface area contributed by atoms with Gasteiger partial charge in [-0.05, 0) is 44.9 Å². The maximum absolute atomic E-state index is 12.2. The molecule has 2 aliphatic rings. The number of morpholine rings is 1. The first kappa shape index (κ1) is 30.0. The van der Waals surface area contributed by atoms with Crippen molar-refractivity contribution in [3.05, 3.63) is 11.6 Å². The minimum absolute atomic E-state index is 0.233. The highest BCUT2D eigenvalue weighted by Crippen LogP contribution is 2.43. The van der Waals surface area contributed by atoms with Gasteiger partial charge in [0.15, 0.2) is 0 Å². The highest BCUT2D eigenvalue weighted by molar-refractivity contribution is 7.47. The highest BCUT2D eigenvalue weighted by Gasteiger charge is 2.27. The number of hydrogen-bond acceptors (Lipinski definition) is 4. The molecule has 1 aliphatic heterocycles. The van der Waals surface area contributed by atoms with Crippen LogP contribution in [-0.2, 0) is 18.3 Å². The summed E-state index contributed by atoms with van der Waals surface area (Å²) >= 11 is 0. The van der Waals surface area contributed by atoms with Gasteiger partial charge in [-0.1, -0.05) is 75.9 Å². The first-order chi connectivity index (χ1) is 16.5. The van der Waals surface area contributed by atoms with Gasteiger partial charge in [-0.3, -0.25) is 9.05 Å². The Hall–Kier alpha value is -0.230. The fourth-order valence-electron chi connectivity index (χ4n) is 4.95. The van der Waals surface area contributed by atoms with Crippen molar-refractivity contribution in [1.29, 1.82) is 0 Å². The highest BCUT2D eigenvalue weighted by atomic mass is 31.2. The molecule has 2 rings (SSSR count). The van der Waals surface area contributed by atoms with Gasteiger partial charge in [0, 0.05) is 0 Å². The van der Waals surface area contributed by atoms with Crippen LogP contribution in [0.4, 0.5) is 0 Å². The molecule has 0 radical (unpaired) electrons. The Labute approximate surface area is 209 Å². The van der Waals surface area contributed by atoms with E-state index in [0.717, 1.165) is 50.0 Å². The minimum Gasteiger partial charge on any atom is -0.370 e. The SMILES string of the molecule is C[N+]1(CCOP(=O)(O)OCCCCC=C2CCCCCCCCCCCCCC2)CCOCC1. The molecule has 1 heterocycles. The van der Waals surface area contributed by atoms with E-state index in [-0.39, 0.29) is 13.2 Å². The van der Waals surface area contributed by atoms with Crippen molar-refractivity contribution in [2.24, 2.45) is 0 Å². The molecule has 7 heteroatoms. The van der Waals surface area contributed by atoms with Crippen LogP contribution in [-0.4, -0.2) is 62.5 Å². The quantitative estimate of drug-likeness (QED) is 0.148. The molecule has 0 bridgehead atoms. The van der Waals surface area contributed by atoms with E-state index in [1.54, 1.807) is 5.57 Å². The van der Waals surface area contributed by atoms with Crippen molar-refractivity contribution in [3.8, 4) is 0 Å². The van der Waals surface area contributed by atoms with Crippen molar-refractivity contribution in [1.82, 2.24) is 0 Å². The van der Waals surface area contributed by atoms with Gasteiger partial charge < -0.3 is 14.1 Å². The van der Waals surface area contributed by atoms with E-state index in [2.05, 4.69) is 13.1 Å². The van der Waals surface area contributed by atoms with Gasteiger partial charge in [0.05, 0.1) is 26.9 Å². The number of ether oxygens (including phenoxy) is 1. The van der Waals surface area contributed by atoms with Crippen LogP contribution in [0.5, 0.6) is 0 Å². The molecule has 1 unspecified atom stereocenters. The Bertz CT molecular complexity index is 574. The normalized spacial score (nSPS) is 23.4. The van der Waals surface area contributed by atoms with Gasteiger partial charge in [0.25, 0.3) is 0 Å². The molecule has 1 aliphatic carbocycles. The molecule has 6 nitrogen and oxygen atoms in total. The van der Waals surface area contributed by atoms with E-state index in [1.807, 2.05) is 0 Å². The maximum atomic E-state index is 12.2. The molecule has 0 amide bonds. The Kier molecular flexibility index (Phi) is 16.0. The summed E-state index contributed by atoms with van der Waals surface area (Å²) in [5, 5.41) is 0. The number of allylic oxidation sites excluding steroid dienone is 2. The Morgan fingerprint density at radius 2 is 1.32 bits per heavy atom. The van der Waals surface area contributed by atoms with Crippen LogP contribution in [0.1, 0.15) is 109 Å². The molecule has 0 aromatic heterocycles. The number of rotatable bonds is 10. The Balaban J connectivity index is 1.59. The number of phosphoric acid groups is 1. The van der Waals surface area contributed by atoms with Crippen molar-refractivity contribution in [2.75, 3.05) is 53.1 Å². The van der Waals surface area contributed by atoms with Crippen LogP contribution in [0.15, 0.2) is 11.6 Å². The zero-order valence-electron chi connectivity index (χ0n) is 22.0. The summed E-state index contributed by atoms with van der Waals surface area (Å²) < 4.78 is 28.8.